The average Bonchev–Trinajstić information content (AvgIpc) is 2.43. The fourth-order valence-corrected chi connectivity index (χ4v) is 2.97. The Kier molecular flexibility index (Phi) is 4.32. The summed E-state index contributed by atoms with van der Waals surface area (Å²) in [6.45, 7) is 3.96. The molecule has 0 spiro atoms. The van der Waals surface area contributed by atoms with Gasteiger partial charge in [-0.15, -0.1) is 0 Å². The molecule has 0 radical (unpaired) electrons. The van der Waals surface area contributed by atoms with Crippen LogP contribution in [0.3, 0.4) is 0 Å². The zero-order valence-electron chi connectivity index (χ0n) is 11.8. The fourth-order valence-electron chi connectivity index (χ4n) is 1.75. The second-order valence-corrected chi connectivity index (χ2v) is 6.08. The van der Waals surface area contributed by atoms with E-state index in [1.807, 2.05) is 6.92 Å². The Labute approximate surface area is 124 Å². The van der Waals surface area contributed by atoms with Crippen molar-refractivity contribution in [2.45, 2.75) is 18.7 Å². The molecular weight excluding hydrogens is 290 g/mol. The summed E-state index contributed by atoms with van der Waals surface area (Å²) in [5, 5.41) is 0. The van der Waals surface area contributed by atoms with Crippen LogP contribution in [0.4, 0.5) is 11.4 Å². The third kappa shape index (κ3) is 3.63. The van der Waals surface area contributed by atoms with Gasteiger partial charge in [0, 0.05) is 11.4 Å². The number of aromatic nitrogens is 1. The molecule has 0 aliphatic heterocycles. The first-order chi connectivity index (χ1) is 9.92. The van der Waals surface area contributed by atoms with E-state index < -0.39 is 10.0 Å². The lowest BCUT2D eigenvalue weighted by Crippen LogP contribution is -2.15. The van der Waals surface area contributed by atoms with Crippen LogP contribution in [0.2, 0.25) is 0 Å². The number of anilines is 2. The van der Waals surface area contributed by atoms with Crippen molar-refractivity contribution in [2.75, 3.05) is 17.1 Å². The Morgan fingerprint density at radius 1 is 1.29 bits per heavy atom. The molecule has 0 amide bonds. The minimum absolute atomic E-state index is 0.00456. The Morgan fingerprint density at radius 2 is 2.05 bits per heavy atom. The molecule has 0 atom stereocenters. The molecule has 1 aromatic carbocycles. The maximum absolute atomic E-state index is 12.5. The zero-order chi connectivity index (χ0) is 15.5. The van der Waals surface area contributed by atoms with Gasteiger partial charge in [-0.05, 0) is 44.2 Å². The molecule has 0 fully saturated rings. The number of nitrogens with one attached hydrogen (secondary N) is 1. The molecule has 21 heavy (non-hydrogen) atoms. The summed E-state index contributed by atoms with van der Waals surface area (Å²) >= 11 is 0. The van der Waals surface area contributed by atoms with E-state index in [0.717, 1.165) is 5.69 Å². The number of hydrogen-bond acceptors (Lipinski definition) is 5. The van der Waals surface area contributed by atoms with E-state index in [1.54, 1.807) is 31.2 Å². The van der Waals surface area contributed by atoms with Gasteiger partial charge in [-0.2, -0.15) is 0 Å². The monoisotopic (exact) mass is 307 g/mol. The van der Waals surface area contributed by atoms with Gasteiger partial charge in [0.15, 0.2) is 0 Å². The van der Waals surface area contributed by atoms with Crippen LogP contribution >= 0.6 is 0 Å². The number of ether oxygens (including phenoxy) is 1. The Hall–Kier alpha value is -2.28. The van der Waals surface area contributed by atoms with Crippen LogP contribution in [0.25, 0.3) is 0 Å². The van der Waals surface area contributed by atoms with Crippen molar-refractivity contribution < 1.29 is 13.2 Å². The van der Waals surface area contributed by atoms with Crippen LogP contribution in [0.15, 0.2) is 41.4 Å². The van der Waals surface area contributed by atoms with E-state index in [0.29, 0.717) is 18.0 Å². The first kappa shape index (κ1) is 15.1. The van der Waals surface area contributed by atoms with Crippen LogP contribution < -0.4 is 15.2 Å². The number of hydrogen-bond donors (Lipinski definition) is 2. The molecule has 1 heterocycles. The maximum Gasteiger partial charge on any atom is 0.265 e. The Bertz CT molecular complexity index is 728. The fraction of sp³-hybridized carbons (Fsp3) is 0.214. The highest BCUT2D eigenvalue weighted by Crippen LogP contribution is 2.28. The number of rotatable bonds is 5. The predicted molar refractivity (Wildman–Crippen MR) is 81.8 cm³/mol. The standard InChI is InChI=1S/C14H17N3O3S/c1-3-20-13-7-5-11(15)8-14(13)21(18,19)17-12-6-4-10(2)16-9-12/h4-9,17H,3,15H2,1-2H3. The number of nitrogens with zero attached hydrogens (tertiary/aromatic N) is 1. The molecule has 1 aromatic heterocycles. The van der Waals surface area contributed by atoms with E-state index in [1.165, 1.54) is 12.3 Å². The molecule has 0 unspecified atom stereocenters. The van der Waals surface area contributed by atoms with Crippen LogP contribution in [0.1, 0.15) is 12.6 Å². The summed E-state index contributed by atoms with van der Waals surface area (Å²) in [6.07, 6.45) is 1.46. The number of aryl methyl sites for hydroxylation is 1. The molecular formula is C14H17N3O3S. The number of nitrogens with two attached hydrogens (primary N) is 1. The summed E-state index contributed by atoms with van der Waals surface area (Å²) in [5.41, 5.74) is 7.20. The lowest BCUT2D eigenvalue weighted by atomic mass is 10.3. The zero-order valence-corrected chi connectivity index (χ0v) is 12.6. The highest BCUT2D eigenvalue weighted by molar-refractivity contribution is 7.92. The second-order valence-electron chi connectivity index (χ2n) is 4.43. The van der Waals surface area contributed by atoms with Crippen LogP contribution in [-0.4, -0.2) is 20.0 Å². The maximum atomic E-state index is 12.5. The third-order valence-corrected chi connectivity index (χ3v) is 4.12. The number of nitrogen functional groups attached to an aromatic ring is 1. The molecule has 3 N–H and O–H groups in total. The summed E-state index contributed by atoms with van der Waals surface area (Å²) in [5.74, 6) is 0.263. The van der Waals surface area contributed by atoms with Gasteiger partial charge in [0.05, 0.1) is 18.5 Å². The molecule has 6 nitrogen and oxygen atoms in total. The molecule has 2 aromatic rings. The van der Waals surface area contributed by atoms with Gasteiger partial charge in [-0.1, -0.05) is 0 Å². The molecule has 0 saturated carbocycles. The number of sulfonamides is 1. The first-order valence-electron chi connectivity index (χ1n) is 6.40. The number of pyridine rings is 1. The second kappa shape index (κ2) is 6.01. The largest absolute Gasteiger partial charge is 0.492 e. The van der Waals surface area contributed by atoms with Gasteiger partial charge in [-0.25, -0.2) is 8.42 Å². The van der Waals surface area contributed by atoms with E-state index in [4.69, 9.17) is 10.5 Å². The Balaban J connectivity index is 2.39. The lowest BCUT2D eigenvalue weighted by Gasteiger charge is -2.13. The first-order valence-corrected chi connectivity index (χ1v) is 7.88. The lowest BCUT2D eigenvalue weighted by molar-refractivity contribution is 0.331. The SMILES string of the molecule is CCOc1ccc(N)cc1S(=O)(=O)Nc1ccc(C)nc1. The third-order valence-electron chi connectivity index (χ3n) is 2.72. The molecule has 0 saturated heterocycles. The van der Waals surface area contributed by atoms with E-state index in [9.17, 15) is 8.42 Å². The quantitative estimate of drug-likeness (QED) is 0.826. The van der Waals surface area contributed by atoms with Crippen molar-refractivity contribution in [1.29, 1.82) is 0 Å². The van der Waals surface area contributed by atoms with Gasteiger partial charge >= 0.3 is 0 Å². The molecule has 0 aliphatic carbocycles. The topological polar surface area (TPSA) is 94.3 Å². The minimum Gasteiger partial charge on any atom is -0.492 e. The van der Waals surface area contributed by atoms with Crippen molar-refractivity contribution in [3.63, 3.8) is 0 Å². The van der Waals surface area contributed by atoms with Crippen molar-refractivity contribution in [1.82, 2.24) is 4.98 Å². The van der Waals surface area contributed by atoms with E-state index >= 15 is 0 Å². The summed E-state index contributed by atoms with van der Waals surface area (Å²) in [6, 6.07) is 7.88. The van der Waals surface area contributed by atoms with Gasteiger partial charge < -0.3 is 10.5 Å². The van der Waals surface area contributed by atoms with Crippen molar-refractivity contribution in [3.8, 4) is 5.75 Å². The molecule has 0 aliphatic rings. The van der Waals surface area contributed by atoms with Crippen molar-refractivity contribution in [3.05, 3.63) is 42.2 Å². The smallest absolute Gasteiger partial charge is 0.265 e. The van der Waals surface area contributed by atoms with Crippen molar-refractivity contribution >= 4 is 21.4 Å². The van der Waals surface area contributed by atoms with Crippen LogP contribution in [0, 0.1) is 6.92 Å². The number of benzene rings is 1. The van der Waals surface area contributed by atoms with Gasteiger partial charge in [0.1, 0.15) is 10.6 Å². The molecule has 2 rings (SSSR count). The van der Waals surface area contributed by atoms with E-state index in [-0.39, 0.29) is 10.6 Å². The Morgan fingerprint density at radius 3 is 2.67 bits per heavy atom. The average molecular weight is 307 g/mol. The molecule has 7 heteroatoms. The minimum atomic E-state index is -3.80. The van der Waals surface area contributed by atoms with Gasteiger partial charge in [-0.3, -0.25) is 9.71 Å². The van der Waals surface area contributed by atoms with Gasteiger partial charge in [0.2, 0.25) is 0 Å². The molecule has 0 bridgehead atoms. The van der Waals surface area contributed by atoms with Crippen molar-refractivity contribution in [2.24, 2.45) is 0 Å². The van der Waals surface area contributed by atoms with Crippen LogP contribution in [-0.2, 0) is 10.0 Å². The summed E-state index contributed by atoms with van der Waals surface area (Å²) in [7, 11) is -3.80. The summed E-state index contributed by atoms with van der Waals surface area (Å²) in [4.78, 5) is 4.05. The van der Waals surface area contributed by atoms with Gasteiger partial charge in [0.25, 0.3) is 10.0 Å². The van der Waals surface area contributed by atoms with E-state index in [2.05, 4.69) is 9.71 Å². The highest BCUT2D eigenvalue weighted by Gasteiger charge is 2.20. The van der Waals surface area contributed by atoms with Crippen LogP contribution in [0.5, 0.6) is 5.75 Å². The summed E-state index contributed by atoms with van der Waals surface area (Å²) < 4.78 is 32.7. The predicted octanol–water partition coefficient (Wildman–Crippen LogP) is 2.17. The highest BCUT2D eigenvalue weighted by atomic mass is 32.2. The normalized spacial score (nSPS) is 11.1. The molecule has 112 valence electrons.